The van der Waals surface area contributed by atoms with Crippen LogP contribution in [0, 0.1) is 0 Å². The molecule has 0 saturated heterocycles. The highest BCUT2D eigenvalue weighted by atomic mass is 19.4. The van der Waals surface area contributed by atoms with Crippen LogP contribution in [0.5, 0.6) is 0 Å². The number of urea groups is 1. The quantitative estimate of drug-likeness (QED) is 0.757. The number of amides is 3. The highest BCUT2D eigenvalue weighted by molar-refractivity contribution is 5.83. The number of hydrogen-bond acceptors (Lipinski definition) is 2. The first-order valence-corrected chi connectivity index (χ1v) is 9.17. The number of halogens is 3. The van der Waals surface area contributed by atoms with Crippen molar-refractivity contribution in [2.45, 2.75) is 26.2 Å². The number of rotatable bonds is 7. The van der Waals surface area contributed by atoms with Gasteiger partial charge in [-0.1, -0.05) is 42.5 Å². The largest absolute Gasteiger partial charge is 0.416 e. The van der Waals surface area contributed by atoms with Gasteiger partial charge in [0.1, 0.15) is 0 Å². The maximum absolute atomic E-state index is 12.6. The average molecular weight is 407 g/mol. The van der Waals surface area contributed by atoms with Gasteiger partial charge in [0.05, 0.1) is 12.1 Å². The van der Waals surface area contributed by atoms with E-state index in [9.17, 15) is 22.8 Å². The van der Waals surface area contributed by atoms with Gasteiger partial charge in [0.25, 0.3) is 0 Å². The number of likely N-dealkylation sites (N-methyl/N-ethyl adjacent to an activating group) is 1. The molecule has 29 heavy (non-hydrogen) atoms. The molecule has 5 nitrogen and oxygen atoms in total. The average Bonchev–Trinajstić information content (AvgIpc) is 2.70. The molecule has 156 valence electrons. The Morgan fingerprint density at radius 2 is 1.52 bits per heavy atom. The molecule has 0 radical (unpaired) electrons. The number of nitrogens with one attached hydrogen (secondary N) is 1. The molecule has 0 unspecified atom stereocenters. The lowest BCUT2D eigenvalue weighted by Gasteiger charge is -2.23. The third kappa shape index (κ3) is 6.81. The fourth-order valence-electron chi connectivity index (χ4n) is 2.72. The predicted molar refractivity (Wildman–Crippen MR) is 104 cm³/mol. The lowest BCUT2D eigenvalue weighted by atomic mass is 10.1. The smallest absolute Gasteiger partial charge is 0.337 e. The van der Waals surface area contributed by atoms with Gasteiger partial charge in [-0.15, -0.1) is 0 Å². The fraction of sp³-hybridized carbons (Fsp3) is 0.333. The van der Waals surface area contributed by atoms with Crippen molar-refractivity contribution in [3.05, 3.63) is 71.3 Å². The summed E-state index contributed by atoms with van der Waals surface area (Å²) in [6, 6.07) is 13.7. The molecule has 0 aliphatic heterocycles. The molecule has 0 atom stereocenters. The minimum absolute atomic E-state index is 0.125. The van der Waals surface area contributed by atoms with E-state index >= 15 is 0 Å². The standard InChI is InChI=1S/C21H24F3N3O2/c1-3-27(15-16-7-5-4-6-8-16)19(28)13-25-20(29)26(2)14-17-9-11-18(12-10-17)21(22,23)24/h4-12H,3,13-15H2,1-2H3,(H,25,29). The second kappa shape index (κ2) is 9.95. The molecule has 0 saturated carbocycles. The van der Waals surface area contributed by atoms with Crippen molar-refractivity contribution in [2.75, 3.05) is 20.1 Å². The summed E-state index contributed by atoms with van der Waals surface area (Å²) in [6.45, 7) is 2.79. The third-order valence-corrected chi connectivity index (χ3v) is 4.39. The van der Waals surface area contributed by atoms with Crippen molar-refractivity contribution < 1.29 is 22.8 Å². The maximum Gasteiger partial charge on any atom is 0.416 e. The summed E-state index contributed by atoms with van der Waals surface area (Å²) in [6.07, 6.45) is -4.40. The van der Waals surface area contributed by atoms with Gasteiger partial charge in [-0.2, -0.15) is 13.2 Å². The van der Waals surface area contributed by atoms with E-state index in [0.29, 0.717) is 18.7 Å². The monoisotopic (exact) mass is 407 g/mol. The molecule has 8 heteroatoms. The summed E-state index contributed by atoms with van der Waals surface area (Å²) in [7, 11) is 1.51. The van der Waals surface area contributed by atoms with Crippen molar-refractivity contribution in [3.8, 4) is 0 Å². The first kappa shape index (κ1) is 22.3. The van der Waals surface area contributed by atoms with Gasteiger partial charge < -0.3 is 15.1 Å². The summed E-state index contributed by atoms with van der Waals surface area (Å²) >= 11 is 0. The number of benzene rings is 2. The Labute approximate surface area is 168 Å². The summed E-state index contributed by atoms with van der Waals surface area (Å²) in [4.78, 5) is 27.5. The lowest BCUT2D eigenvalue weighted by molar-refractivity contribution is -0.137. The number of carbonyl (C=O) groups is 2. The number of carbonyl (C=O) groups excluding carboxylic acids is 2. The van der Waals surface area contributed by atoms with Crippen LogP contribution in [0.25, 0.3) is 0 Å². The van der Waals surface area contributed by atoms with E-state index in [4.69, 9.17) is 0 Å². The number of hydrogen-bond donors (Lipinski definition) is 1. The van der Waals surface area contributed by atoms with E-state index in [-0.39, 0.29) is 19.0 Å². The van der Waals surface area contributed by atoms with E-state index in [1.54, 1.807) is 4.90 Å². The molecule has 0 bridgehead atoms. The lowest BCUT2D eigenvalue weighted by Crippen LogP contribution is -2.44. The maximum atomic E-state index is 12.6. The van der Waals surface area contributed by atoms with Crippen LogP contribution in [0.2, 0.25) is 0 Å². The van der Waals surface area contributed by atoms with Crippen molar-refractivity contribution in [3.63, 3.8) is 0 Å². The molecule has 2 aromatic carbocycles. The van der Waals surface area contributed by atoms with E-state index < -0.39 is 17.8 Å². The molecular formula is C21H24F3N3O2. The van der Waals surface area contributed by atoms with Gasteiger partial charge >= 0.3 is 12.2 Å². The third-order valence-electron chi connectivity index (χ3n) is 4.39. The zero-order valence-corrected chi connectivity index (χ0v) is 16.4. The Hall–Kier alpha value is -3.03. The van der Waals surface area contributed by atoms with Crippen molar-refractivity contribution >= 4 is 11.9 Å². The first-order valence-electron chi connectivity index (χ1n) is 9.17. The van der Waals surface area contributed by atoms with Gasteiger partial charge in [-0.05, 0) is 30.2 Å². The van der Waals surface area contributed by atoms with Crippen LogP contribution >= 0.6 is 0 Å². The molecule has 3 amide bonds. The van der Waals surface area contributed by atoms with Gasteiger partial charge in [-0.25, -0.2) is 4.79 Å². The van der Waals surface area contributed by atoms with Crippen LogP contribution in [-0.4, -0.2) is 41.9 Å². The molecular weight excluding hydrogens is 383 g/mol. The summed E-state index contributed by atoms with van der Waals surface area (Å²) in [5, 5.41) is 2.55. The SMILES string of the molecule is CCN(Cc1ccccc1)C(=O)CNC(=O)N(C)Cc1ccc(C(F)(F)F)cc1. The highest BCUT2D eigenvalue weighted by Gasteiger charge is 2.30. The van der Waals surface area contributed by atoms with Crippen LogP contribution in [0.15, 0.2) is 54.6 Å². The van der Waals surface area contributed by atoms with E-state index in [1.165, 1.54) is 24.1 Å². The minimum atomic E-state index is -4.40. The van der Waals surface area contributed by atoms with Crippen LogP contribution in [0.3, 0.4) is 0 Å². The molecule has 2 rings (SSSR count). The molecule has 0 spiro atoms. The van der Waals surface area contributed by atoms with Crippen LogP contribution in [0.4, 0.5) is 18.0 Å². The fourth-order valence-corrected chi connectivity index (χ4v) is 2.72. The molecule has 0 aliphatic rings. The molecule has 0 heterocycles. The van der Waals surface area contributed by atoms with Gasteiger partial charge in [-0.3, -0.25) is 4.79 Å². The van der Waals surface area contributed by atoms with Gasteiger partial charge in [0, 0.05) is 26.7 Å². The van der Waals surface area contributed by atoms with Gasteiger partial charge in [0.2, 0.25) is 5.91 Å². The zero-order valence-electron chi connectivity index (χ0n) is 16.4. The Morgan fingerprint density at radius 3 is 2.07 bits per heavy atom. The number of alkyl halides is 3. The predicted octanol–water partition coefficient (Wildman–Crippen LogP) is 3.90. The Kier molecular flexibility index (Phi) is 7.64. The highest BCUT2D eigenvalue weighted by Crippen LogP contribution is 2.29. The van der Waals surface area contributed by atoms with E-state index in [0.717, 1.165) is 17.7 Å². The minimum Gasteiger partial charge on any atom is -0.337 e. The summed E-state index contributed by atoms with van der Waals surface area (Å²) in [5.41, 5.74) is 0.812. The first-order chi connectivity index (χ1) is 13.7. The molecule has 1 N–H and O–H groups in total. The van der Waals surface area contributed by atoms with Crippen molar-refractivity contribution in [1.82, 2.24) is 15.1 Å². The van der Waals surface area contributed by atoms with Crippen molar-refractivity contribution in [2.24, 2.45) is 0 Å². The second-order valence-corrected chi connectivity index (χ2v) is 6.60. The second-order valence-electron chi connectivity index (χ2n) is 6.60. The Morgan fingerprint density at radius 1 is 0.931 bits per heavy atom. The Bertz CT molecular complexity index is 808. The molecule has 0 aliphatic carbocycles. The topological polar surface area (TPSA) is 52.7 Å². The van der Waals surface area contributed by atoms with Crippen LogP contribution in [-0.2, 0) is 24.1 Å². The molecule has 0 fully saturated rings. The van der Waals surface area contributed by atoms with E-state index in [2.05, 4.69) is 5.32 Å². The molecule has 2 aromatic rings. The normalized spacial score (nSPS) is 11.1. The zero-order chi connectivity index (χ0) is 21.4. The van der Waals surface area contributed by atoms with Gasteiger partial charge in [0.15, 0.2) is 0 Å². The Balaban J connectivity index is 1.84. The summed E-state index contributed by atoms with van der Waals surface area (Å²) in [5.74, 6) is -0.215. The summed E-state index contributed by atoms with van der Waals surface area (Å²) < 4.78 is 37.8. The van der Waals surface area contributed by atoms with E-state index in [1.807, 2.05) is 37.3 Å². The molecule has 0 aromatic heterocycles. The number of nitrogens with zero attached hydrogens (tertiary/aromatic N) is 2. The van der Waals surface area contributed by atoms with Crippen LogP contribution in [0.1, 0.15) is 23.6 Å². The van der Waals surface area contributed by atoms with Crippen molar-refractivity contribution in [1.29, 1.82) is 0 Å². The van der Waals surface area contributed by atoms with Crippen LogP contribution < -0.4 is 5.32 Å².